The Morgan fingerprint density at radius 1 is 1.23 bits per heavy atom. The molecular weight excluding hydrogens is 298 g/mol. The number of thiophene rings is 1. The third-order valence-electron chi connectivity index (χ3n) is 3.95. The van der Waals surface area contributed by atoms with Crippen LogP contribution in [0.4, 0.5) is 0 Å². The molecule has 1 aliphatic rings. The first-order chi connectivity index (χ1) is 10.5. The van der Waals surface area contributed by atoms with Crippen molar-refractivity contribution in [3.8, 4) is 0 Å². The minimum absolute atomic E-state index is 0.0590. The lowest BCUT2D eigenvalue weighted by molar-refractivity contribution is -0.122. The van der Waals surface area contributed by atoms with Crippen LogP contribution >= 0.6 is 11.3 Å². The van der Waals surface area contributed by atoms with Crippen molar-refractivity contribution < 1.29 is 9.59 Å². The molecule has 22 heavy (non-hydrogen) atoms. The van der Waals surface area contributed by atoms with Crippen LogP contribution < -0.4 is 5.32 Å². The molecule has 0 radical (unpaired) electrons. The van der Waals surface area contributed by atoms with Crippen LogP contribution in [0.25, 0.3) is 0 Å². The van der Waals surface area contributed by atoms with Crippen LogP contribution in [-0.2, 0) is 11.2 Å². The monoisotopic (exact) mass is 323 g/mol. The van der Waals surface area contributed by atoms with Crippen LogP contribution in [0.2, 0.25) is 0 Å². The second kappa shape index (κ2) is 7.74. The molecule has 2 amide bonds. The molecule has 6 heteroatoms. The molecule has 2 heterocycles. The van der Waals surface area contributed by atoms with E-state index in [1.165, 1.54) is 10.4 Å². The van der Waals surface area contributed by atoms with E-state index >= 15 is 0 Å². The van der Waals surface area contributed by atoms with E-state index < -0.39 is 0 Å². The fraction of sp³-hybridized carbons (Fsp3) is 0.625. The van der Waals surface area contributed by atoms with Crippen molar-refractivity contribution in [2.24, 2.45) is 0 Å². The summed E-state index contributed by atoms with van der Waals surface area (Å²) in [4.78, 5) is 30.3. The largest absolute Gasteiger partial charge is 0.355 e. The Bertz CT molecular complexity index is 533. The molecule has 0 bridgehead atoms. The molecule has 2 rings (SSSR count). The number of hydrogen-bond acceptors (Lipinski definition) is 4. The van der Waals surface area contributed by atoms with E-state index in [0.29, 0.717) is 26.2 Å². The van der Waals surface area contributed by atoms with E-state index in [1.54, 1.807) is 11.3 Å². The molecule has 1 aliphatic heterocycles. The number of amides is 2. The summed E-state index contributed by atoms with van der Waals surface area (Å²) in [6.45, 7) is 10.1. The van der Waals surface area contributed by atoms with Crippen molar-refractivity contribution >= 4 is 23.2 Å². The Kier molecular flexibility index (Phi) is 5.97. The maximum Gasteiger partial charge on any atom is 0.264 e. The van der Waals surface area contributed by atoms with Crippen LogP contribution in [0.1, 0.15) is 34.0 Å². The Balaban J connectivity index is 1.88. The zero-order chi connectivity index (χ0) is 16.1. The average Bonchev–Trinajstić information content (AvgIpc) is 2.88. The molecule has 0 aliphatic carbocycles. The first-order valence-corrected chi connectivity index (χ1v) is 8.74. The van der Waals surface area contributed by atoms with Crippen molar-refractivity contribution in [2.75, 3.05) is 39.3 Å². The quantitative estimate of drug-likeness (QED) is 0.894. The van der Waals surface area contributed by atoms with Gasteiger partial charge in [-0.15, -0.1) is 11.3 Å². The lowest BCUT2D eigenvalue weighted by Crippen LogP contribution is -2.51. The van der Waals surface area contributed by atoms with Crippen LogP contribution in [0.15, 0.2) is 6.07 Å². The number of nitrogens with one attached hydrogen (secondary N) is 1. The van der Waals surface area contributed by atoms with Gasteiger partial charge in [0.1, 0.15) is 0 Å². The van der Waals surface area contributed by atoms with Crippen molar-refractivity contribution in [3.63, 3.8) is 0 Å². The fourth-order valence-electron chi connectivity index (χ4n) is 2.70. The van der Waals surface area contributed by atoms with Gasteiger partial charge in [-0.25, -0.2) is 0 Å². The first kappa shape index (κ1) is 17.0. The molecule has 1 N–H and O–H groups in total. The maximum absolute atomic E-state index is 12.6. The molecule has 122 valence electrons. The number of piperazine rings is 1. The average molecular weight is 323 g/mol. The highest BCUT2D eigenvalue weighted by Crippen LogP contribution is 2.24. The SMILES string of the molecule is CCNC(=O)CN1CCN(C(=O)c2cc(C)c(CC)s2)CC1. The molecule has 5 nitrogen and oxygen atoms in total. The van der Waals surface area contributed by atoms with Crippen LogP contribution in [0, 0.1) is 6.92 Å². The molecular formula is C16H25N3O2S. The van der Waals surface area contributed by atoms with Gasteiger partial charge in [0.15, 0.2) is 0 Å². The number of aryl methyl sites for hydroxylation is 2. The summed E-state index contributed by atoms with van der Waals surface area (Å²) >= 11 is 1.61. The number of likely N-dealkylation sites (N-methyl/N-ethyl adjacent to an activating group) is 1. The summed E-state index contributed by atoms with van der Waals surface area (Å²) in [5.41, 5.74) is 1.21. The number of carbonyl (C=O) groups is 2. The predicted octanol–water partition coefficient (Wildman–Crippen LogP) is 1.51. The van der Waals surface area contributed by atoms with Crippen molar-refractivity contribution in [1.82, 2.24) is 15.1 Å². The second-order valence-electron chi connectivity index (χ2n) is 5.59. The van der Waals surface area contributed by atoms with Crippen LogP contribution in [-0.4, -0.2) is 60.9 Å². The molecule has 0 aromatic carbocycles. The molecule has 1 fully saturated rings. The van der Waals surface area contributed by atoms with Gasteiger partial charge in [0.25, 0.3) is 5.91 Å². The molecule has 1 saturated heterocycles. The van der Waals surface area contributed by atoms with Crippen molar-refractivity contribution in [2.45, 2.75) is 27.2 Å². The Hall–Kier alpha value is -1.40. The summed E-state index contributed by atoms with van der Waals surface area (Å²) in [6.07, 6.45) is 0.976. The van der Waals surface area contributed by atoms with Crippen LogP contribution in [0.3, 0.4) is 0 Å². The summed E-state index contributed by atoms with van der Waals surface area (Å²) in [5, 5.41) is 2.81. The molecule has 1 aromatic heterocycles. The minimum Gasteiger partial charge on any atom is -0.355 e. The summed E-state index contributed by atoms with van der Waals surface area (Å²) < 4.78 is 0. The van der Waals surface area contributed by atoms with Crippen molar-refractivity contribution in [1.29, 1.82) is 0 Å². The summed E-state index contributed by atoms with van der Waals surface area (Å²) in [6, 6.07) is 2.01. The number of nitrogens with zero attached hydrogens (tertiary/aromatic N) is 2. The van der Waals surface area contributed by atoms with Crippen LogP contribution in [0.5, 0.6) is 0 Å². The normalized spacial score (nSPS) is 15.9. The Morgan fingerprint density at radius 2 is 1.91 bits per heavy atom. The lowest BCUT2D eigenvalue weighted by atomic mass is 10.2. The number of rotatable bonds is 5. The highest BCUT2D eigenvalue weighted by molar-refractivity contribution is 7.14. The zero-order valence-corrected chi connectivity index (χ0v) is 14.5. The lowest BCUT2D eigenvalue weighted by Gasteiger charge is -2.34. The van der Waals surface area contributed by atoms with Gasteiger partial charge in [0.2, 0.25) is 5.91 Å². The predicted molar refractivity (Wildman–Crippen MR) is 89.5 cm³/mol. The third-order valence-corrected chi connectivity index (χ3v) is 5.32. The standard InChI is InChI=1S/C16H25N3O2S/c1-4-13-12(3)10-14(22-13)16(21)19-8-6-18(7-9-19)11-15(20)17-5-2/h10H,4-9,11H2,1-3H3,(H,17,20). The van der Waals surface area contributed by atoms with Crippen molar-refractivity contribution in [3.05, 3.63) is 21.4 Å². The van der Waals surface area contributed by atoms with Gasteiger partial charge in [0.05, 0.1) is 11.4 Å². The molecule has 0 saturated carbocycles. The smallest absolute Gasteiger partial charge is 0.264 e. The highest BCUT2D eigenvalue weighted by atomic mass is 32.1. The topological polar surface area (TPSA) is 52.7 Å². The number of hydrogen-bond donors (Lipinski definition) is 1. The van der Waals surface area contributed by atoms with E-state index in [-0.39, 0.29) is 11.8 Å². The van der Waals surface area contributed by atoms with Gasteiger partial charge in [-0.1, -0.05) is 6.92 Å². The maximum atomic E-state index is 12.6. The summed E-state index contributed by atoms with van der Waals surface area (Å²) in [7, 11) is 0. The van der Waals surface area contributed by atoms with Gasteiger partial charge in [-0.3, -0.25) is 14.5 Å². The van der Waals surface area contributed by atoms with Gasteiger partial charge in [-0.2, -0.15) is 0 Å². The molecule has 1 aromatic rings. The molecule has 0 unspecified atom stereocenters. The molecule has 0 atom stereocenters. The fourth-order valence-corrected chi connectivity index (χ4v) is 3.78. The first-order valence-electron chi connectivity index (χ1n) is 7.92. The molecule has 0 spiro atoms. The Morgan fingerprint density at radius 3 is 2.45 bits per heavy atom. The van der Waals surface area contributed by atoms with E-state index in [2.05, 4.69) is 24.1 Å². The summed E-state index contributed by atoms with van der Waals surface area (Å²) in [5.74, 6) is 0.189. The van der Waals surface area contributed by atoms with Gasteiger partial charge in [-0.05, 0) is 31.9 Å². The van der Waals surface area contributed by atoms with E-state index in [9.17, 15) is 9.59 Å². The van der Waals surface area contributed by atoms with E-state index in [1.807, 2.05) is 17.9 Å². The number of carbonyl (C=O) groups excluding carboxylic acids is 2. The zero-order valence-electron chi connectivity index (χ0n) is 13.6. The third kappa shape index (κ3) is 4.08. The minimum atomic E-state index is 0.0590. The second-order valence-corrected chi connectivity index (χ2v) is 6.73. The van der Waals surface area contributed by atoms with E-state index in [0.717, 1.165) is 24.4 Å². The van der Waals surface area contributed by atoms with Gasteiger partial charge in [0, 0.05) is 37.6 Å². The van der Waals surface area contributed by atoms with E-state index in [4.69, 9.17) is 0 Å². The van der Waals surface area contributed by atoms with Gasteiger partial charge >= 0.3 is 0 Å². The van der Waals surface area contributed by atoms with Gasteiger partial charge < -0.3 is 10.2 Å². The highest BCUT2D eigenvalue weighted by Gasteiger charge is 2.24. The Labute approximate surface area is 136 Å².